The topological polar surface area (TPSA) is 57.6 Å². The Bertz CT molecular complexity index is 231. The molecular weight excluding hydrogens is 190 g/mol. The van der Waals surface area contributed by atoms with Crippen LogP contribution in [0.3, 0.4) is 0 Å². The molecule has 0 aromatic carbocycles. The van der Waals surface area contributed by atoms with Gasteiger partial charge < -0.3 is 10.0 Å². The van der Waals surface area contributed by atoms with E-state index in [4.69, 9.17) is 5.11 Å². The zero-order valence-electron chi connectivity index (χ0n) is 7.43. The number of amides is 1. The fraction of sp³-hybridized carbons (Fsp3) is 0.750. The van der Waals surface area contributed by atoms with Crippen LogP contribution in [0.15, 0.2) is 0 Å². The molecule has 1 amide bonds. The van der Waals surface area contributed by atoms with Gasteiger partial charge in [-0.05, 0) is 18.6 Å². The van der Waals surface area contributed by atoms with E-state index < -0.39 is 12.0 Å². The molecule has 0 aromatic rings. The molecule has 1 unspecified atom stereocenters. The van der Waals surface area contributed by atoms with Crippen molar-refractivity contribution in [2.24, 2.45) is 5.92 Å². The summed E-state index contributed by atoms with van der Waals surface area (Å²) in [4.78, 5) is 23.3. The monoisotopic (exact) mass is 203 g/mol. The number of aliphatic carboxylic acids is 1. The van der Waals surface area contributed by atoms with Gasteiger partial charge in [-0.1, -0.05) is 0 Å². The van der Waals surface area contributed by atoms with E-state index in [1.807, 2.05) is 0 Å². The normalized spacial score (nSPS) is 24.9. The summed E-state index contributed by atoms with van der Waals surface area (Å²) >= 11 is 4.09. The standard InChI is InChI=1S/C8H13NO3S/c1-5(8(11)12)9-3-6(4-13)2-7(9)10/h5-6,13H,2-4H2,1H3,(H,11,12)/t5-,6?/m0/s1. The average Bonchev–Trinajstić information content (AvgIpc) is 2.45. The summed E-state index contributed by atoms with van der Waals surface area (Å²) in [5, 5.41) is 8.71. The Kier molecular flexibility index (Phi) is 3.19. The largest absolute Gasteiger partial charge is 0.480 e. The molecule has 1 rings (SSSR count). The molecule has 4 nitrogen and oxygen atoms in total. The second-order valence-corrected chi connectivity index (χ2v) is 3.68. The van der Waals surface area contributed by atoms with E-state index in [0.717, 1.165) is 0 Å². The van der Waals surface area contributed by atoms with Crippen LogP contribution >= 0.6 is 12.6 Å². The highest BCUT2D eigenvalue weighted by atomic mass is 32.1. The first-order valence-electron chi connectivity index (χ1n) is 4.19. The SMILES string of the molecule is C[C@@H](C(=O)O)N1CC(CS)CC1=O. The zero-order valence-corrected chi connectivity index (χ0v) is 8.33. The smallest absolute Gasteiger partial charge is 0.326 e. The molecule has 1 N–H and O–H groups in total. The minimum absolute atomic E-state index is 0.0750. The Balaban J connectivity index is 2.62. The van der Waals surface area contributed by atoms with Crippen LogP contribution < -0.4 is 0 Å². The van der Waals surface area contributed by atoms with E-state index in [9.17, 15) is 9.59 Å². The molecule has 0 aromatic heterocycles. The Hall–Kier alpha value is -0.710. The van der Waals surface area contributed by atoms with Crippen LogP contribution in [0.2, 0.25) is 0 Å². The Morgan fingerprint density at radius 3 is 2.85 bits per heavy atom. The lowest BCUT2D eigenvalue weighted by Crippen LogP contribution is -2.40. The maximum atomic E-state index is 11.3. The summed E-state index contributed by atoms with van der Waals surface area (Å²) in [5.41, 5.74) is 0. The number of likely N-dealkylation sites (tertiary alicyclic amines) is 1. The highest BCUT2D eigenvalue weighted by molar-refractivity contribution is 7.80. The maximum absolute atomic E-state index is 11.3. The lowest BCUT2D eigenvalue weighted by atomic mass is 10.1. The van der Waals surface area contributed by atoms with Crippen molar-refractivity contribution in [1.82, 2.24) is 4.90 Å². The van der Waals surface area contributed by atoms with Gasteiger partial charge in [-0.15, -0.1) is 0 Å². The molecule has 0 radical (unpaired) electrons. The van der Waals surface area contributed by atoms with Crippen molar-refractivity contribution < 1.29 is 14.7 Å². The molecule has 1 heterocycles. The first-order valence-corrected chi connectivity index (χ1v) is 4.82. The van der Waals surface area contributed by atoms with Gasteiger partial charge >= 0.3 is 5.97 Å². The molecular formula is C8H13NO3S. The fourth-order valence-corrected chi connectivity index (χ4v) is 1.68. The number of carbonyl (C=O) groups is 2. The number of hydrogen-bond acceptors (Lipinski definition) is 3. The fourth-order valence-electron chi connectivity index (χ4n) is 1.44. The Labute approximate surface area is 82.3 Å². The van der Waals surface area contributed by atoms with Crippen LogP contribution in [0.5, 0.6) is 0 Å². The minimum Gasteiger partial charge on any atom is -0.480 e. The van der Waals surface area contributed by atoms with E-state index in [1.54, 1.807) is 0 Å². The van der Waals surface area contributed by atoms with Gasteiger partial charge in [-0.25, -0.2) is 4.79 Å². The maximum Gasteiger partial charge on any atom is 0.326 e. The van der Waals surface area contributed by atoms with Crippen molar-refractivity contribution in [3.8, 4) is 0 Å². The predicted octanol–water partition coefficient (Wildman–Crippen LogP) is 0.238. The highest BCUT2D eigenvalue weighted by Crippen LogP contribution is 2.20. The third-order valence-electron chi connectivity index (χ3n) is 2.32. The third kappa shape index (κ3) is 2.15. The summed E-state index contributed by atoms with van der Waals surface area (Å²) in [7, 11) is 0. The Morgan fingerprint density at radius 1 is 1.85 bits per heavy atom. The quantitative estimate of drug-likeness (QED) is 0.646. The van der Waals surface area contributed by atoms with Gasteiger partial charge in [0.25, 0.3) is 0 Å². The lowest BCUT2D eigenvalue weighted by Gasteiger charge is -2.20. The van der Waals surface area contributed by atoms with Gasteiger partial charge in [0.2, 0.25) is 5.91 Å². The highest BCUT2D eigenvalue weighted by Gasteiger charge is 2.34. The predicted molar refractivity (Wildman–Crippen MR) is 50.8 cm³/mol. The van der Waals surface area contributed by atoms with E-state index in [2.05, 4.69) is 12.6 Å². The minimum atomic E-state index is -0.951. The second kappa shape index (κ2) is 4.00. The number of carboxylic acids is 1. The van der Waals surface area contributed by atoms with Crippen LogP contribution in [0, 0.1) is 5.92 Å². The molecule has 13 heavy (non-hydrogen) atoms. The first kappa shape index (κ1) is 10.4. The average molecular weight is 203 g/mol. The van der Waals surface area contributed by atoms with Crippen LogP contribution in [0.1, 0.15) is 13.3 Å². The van der Waals surface area contributed by atoms with E-state index in [0.29, 0.717) is 18.7 Å². The molecule has 74 valence electrons. The molecule has 1 fully saturated rings. The zero-order chi connectivity index (χ0) is 10.0. The van der Waals surface area contributed by atoms with Crippen molar-refractivity contribution in [1.29, 1.82) is 0 Å². The van der Waals surface area contributed by atoms with E-state index >= 15 is 0 Å². The van der Waals surface area contributed by atoms with Gasteiger partial charge in [0.05, 0.1) is 0 Å². The van der Waals surface area contributed by atoms with Gasteiger partial charge in [0.15, 0.2) is 0 Å². The molecule has 1 aliphatic heterocycles. The number of thiol groups is 1. The molecule has 1 aliphatic rings. The van der Waals surface area contributed by atoms with Crippen molar-refractivity contribution in [3.05, 3.63) is 0 Å². The van der Waals surface area contributed by atoms with Crippen molar-refractivity contribution in [2.45, 2.75) is 19.4 Å². The second-order valence-electron chi connectivity index (χ2n) is 3.31. The van der Waals surface area contributed by atoms with Gasteiger partial charge in [-0.2, -0.15) is 12.6 Å². The van der Waals surface area contributed by atoms with Crippen LogP contribution in [0.4, 0.5) is 0 Å². The van der Waals surface area contributed by atoms with E-state index in [-0.39, 0.29) is 11.8 Å². The number of nitrogens with zero attached hydrogens (tertiary/aromatic N) is 1. The molecule has 0 spiro atoms. The summed E-state index contributed by atoms with van der Waals surface area (Å²) < 4.78 is 0. The van der Waals surface area contributed by atoms with Crippen LogP contribution in [-0.2, 0) is 9.59 Å². The summed E-state index contributed by atoms with van der Waals surface area (Å²) in [5.74, 6) is -0.186. The van der Waals surface area contributed by atoms with Crippen molar-refractivity contribution >= 4 is 24.5 Å². The van der Waals surface area contributed by atoms with Gasteiger partial charge in [-0.3, -0.25) is 4.79 Å². The summed E-state index contributed by atoms with van der Waals surface area (Å²) in [6.07, 6.45) is 0.432. The number of carboxylic acid groups (broad SMARTS) is 1. The van der Waals surface area contributed by atoms with Crippen molar-refractivity contribution in [2.75, 3.05) is 12.3 Å². The number of hydrogen-bond donors (Lipinski definition) is 2. The molecule has 1 saturated heterocycles. The molecule has 5 heteroatoms. The third-order valence-corrected chi connectivity index (χ3v) is 2.84. The van der Waals surface area contributed by atoms with Crippen LogP contribution in [-0.4, -0.2) is 40.2 Å². The first-order chi connectivity index (χ1) is 6.06. The summed E-state index contributed by atoms with van der Waals surface area (Å²) in [6.45, 7) is 2.05. The van der Waals surface area contributed by atoms with Gasteiger partial charge in [0, 0.05) is 13.0 Å². The molecule has 0 bridgehead atoms. The van der Waals surface area contributed by atoms with Crippen molar-refractivity contribution in [3.63, 3.8) is 0 Å². The van der Waals surface area contributed by atoms with Crippen LogP contribution in [0.25, 0.3) is 0 Å². The number of rotatable bonds is 3. The lowest BCUT2D eigenvalue weighted by molar-refractivity contribution is -0.147. The van der Waals surface area contributed by atoms with Gasteiger partial charge in [0.1, 0.15) is 6.04 Å². The van der Waals surface area contributed by atoms with E-state index in [1.165, 1.54) is 11.8 Å². The molecule has 0 aliphatic carbocycles. The molecule has 0 saturated carbocycles. The summed E-state index contributed by atoms with van der Waals surface area (Å²) in [6, 6.07) is -0.711. The molecule has 2 atom stereocenters. The number of carbonyl (C=O) groups excluding carboxylic acids is 1. The Morgan fingerprint density at radius 2 is 2.46 bits per heavy atom.